The van der Waals surface area contributed by atoms with E-state index in [1.807, 2.05) is 44.2 Å². The van der Waals surface area contributed by atoms with E-state index in [4.69, 9.17) is 14.4 Å². The standard InChI is InChI=1S/C25H31N4O2S2Si/c1-24(2,3)15-13-17(31-34(6)7)19-18(14-15)32-22(26-19)23-27-20(25(4,5)33-23)21(30)29-28-16-11-9-8-10-12-16/h8-14,20,28H,1-7H3,(H,29,30). The van der Waals surface area contributed by atoms with E-state index < -0.39 is 19.8 Å². The highest BCUT2D eigenvalue weighted by Gasteiger charge is 2.43. The number of thiazole rings is 1. The molecule has 0 aliphatic carbocycles. The number of anilines is 1. The van der Waals surface area contributed by atoms with Crippen LogP contribution in [-0.2, 0) is 10.2 Å². The van der Waals surface area contributed by atoms with Crippen molar-refractivity contribution < 1.29 is 9.22 Å². The molecule has 0 spiro atoms. The number of hydrazine groups is 1. The predicted molar refractivity (Wildman–Crippen MR) is 147 cm³/mol. The van der Waals surface area contributed by atoms with Gasteiger partial charge >= 0.3 is 0 Å². The first kappa shape index (κ1) is 24.8. The number of thioether (sulfide) groups is 1. The predicted octanol–water partition coefficient (Wildman–Crippen LogP) is 6.01. The van der Waals surface area contributed by atoms with Crippen LogP contribution < -0.4 is 15.3 Å². The van der Waals surface area contributed by atoms with Crippen LogP contribution in [0.1, 0.15) is 45.2 Å². The molecule has 2 N–H and O–H groups in total. The Hall–Kier alpha value is -2.36. The molecule has 6 nitrogen and oxygen atoms in total. The van der Waals surface area contributed by atoms with Gasteiger partial charge in [0.2, 0.25) is 0 Å². The molecule has 1 aliphatic heterocycles. The summed E-state index contributed by atoms with van der Waals surface area (Å²) in [5.41, 5.74) is 8.70. The Morgan fingerprint density at radius 2 is 1.85 bits per heavy atom. The van der Waals surface area contributed by atoms with E-state index >= 15 is 0 Å². The van der Waals surface area contributed by atoms with Crippen LogP contribution in [0.25, 0.3) is 10.2 Å². The number of nitrogens with one attached hydrogen (secondary N) is 2. The summed E-state index contributed by atoms with van der Waals surface area (Å²) in [7, 11) is -0.946. The molecule has 9 heteroatoms. The number of rotatable bonds is 6. The Bertz CT molecular complexity index is 1230. The van der Waals surface area contributed by atoms with Crippen molar-refractivity contribution in [1.29, 1.82) is 0 Å². The monoisotopic (exact) mass is 511 g/mol. The van der Waals surface area contributed by atoms with Gasteiger partial charge in [0.05, 0.1) is 10.4 Å². The van der Waals surface area contributed by atoms with E-state index in [1.54, 1.807) is 23.1 Å². The fraction of sp³-hybridized carbons (Fsp3) is 0.400. The van der Waals surface area contributed by atoms with Gasteiger partial charge in [0.25, 0.3) is 14.9 Å². The first-order valence-corrected chi connectivity index (χ1v) is 15.3. The van der Waals surface area contributed by atoms with Gasteiger partial charge in [0, 0.05) is 4.75 Å². The minimum atomic E-state index is -0.946. The lowest BCUT2D eigenvalue weighted by molar-refractivity contribution is -0.122. The molecular weight excluding hydrogens is 481 g/mol. The van der Waals surface area contributed by atoms with E-state index in [1.165, 1.54) is 5.56 Å². The van der Waals surface area contributed by atoms with Crippen molar-refractivity contribution in [2.45, 2.75) is 63.9 Å². The number of hydrogen-bond acceptors (Lipinski definition) is 7. The second-order valence-corrected chi connectivity index (χ2v) is 14.8. The number of nitrogens with zero attached hydrogens (tertiary/aromatic N) is 2. The number of amides is 1. The fourth-order valence-electron chi connectivity index (χ4n) is 3.62. The highest BCUT2D eigenvalue weighted by Crippen LogP contribution is 2.43. The zero-order chi connectivity index (χ0) is 24.7. The summed E-state index contributed by atoms with van der Waals surface area (Å²) in [4.78, 5) is 22.7. The smallest absolute Gasteiger partial charge is 0.274 e. The van der Waals surface area contributed by atoms with Gasteiger partial charge in [-0.1, -0.05) is 50.7 Å². The number of aromatic nitrogens is 1. The van der Waals surface area contributed by atoms with Crippen molar-refractivity contribution in [3.63, 3.8) is 0 Å². The Morgan fingerprint density at radius 1 is 1.15 bits per heavy atom. The molecule has 0 fully saturated rings. The Labute approximate surface area is 211 Å². The highest BCUT2D eigenvalue weighted by molar-refractivity contribution is 8.16. The Morgan fingerprint density at radius 3 is 2.50 bits per heavy atom. The van der Waals surface area contributed by atoms with Crippen LogP contribution in [0.3, 0.4) is 0 Å². The summed E-state index contributed by atoms with van der Waals surface area (Å²) in [5.74, 6) is 0.675. The molecule has 179 valence electrons. The van der Waals surface area contributed by atoms with Crippen molar-refractivity contribution in [3.05, 3.63) is 53.0 Å². The quantitative estimate of drug-likeness (QED) is 0.313. The van der Waals surface area contributed by atoms with Crippen LogP contribution in [0.5, 0.6) is 5.75 Å². The zero-order valence-electron chi connectivity index (χ0n) is 20.6. The van der Waals surface area contributed by atoms with E-state index in [9.17, 15) is 4.79 Å². The SMILES string of the molecule is C[Si](C)Oc1cc(C(C)(C)C)cc2sc(C3=NC(C(=O)NNc4ccccc4)C(C)(C)S3)nc12. The molecule has 0 saturated carbocycles. The third-order valence-electron chi connectivity index (χ3n) is 5.44. The molecule has 2 heterocycles. The van der Waals surface area contributed by atoms with Gasteiger partial charge in [-0.2, -0.15) is 0 Å². The average Bonchev–Trinajstić information content (AvgIpc) is 3.32. The van der Waals surface area contributed by atoms with Crippen LogP contribution in [-0.4, -0.2) is 35.8 Å². The Kier molecular flexibility index (Phi) is 6.81. The number of hydrogen-bond donors (Lipinski definition) is 2. The van der Waals surface area contributed by atoms with E-state index in [-0.39, 0.29) is 11.3 Å². The maximum absolute atomic E-state index is 13.0. The summed E-state index contributed by atoms with van der Waals surface area (Å²) in [5, 5.41) is 1.63. The Balaban J connectivity index is 1.64. The van der Waals surface area contributed by atoms with E-state index in [2.05, 4.69) is 56.8 Å². The lowest BCUT2D eigenvalue weighted by Gasteiger charge is -2.23. The second kappa shape index (κ2) is 9.35. The van der Waals surface area contributed by atoms with Crippen LogP contribution in [0, 0.1) is 0 Å². The van der Waals surface area contributed by atoms with Gasteiger partial charge < -0.3 is 4.43 Å². The van der Waals surface area contributed by atoms with Crippen LogP contribution in [0.2, 0.25) is 13.1 Å². The second-order valence-electron chi connectivity index (χ2n) is 10.1. The fourth-order valence-corrected chi connectivity index (χ4v) is 6.44. The lowest BCUT2D eigenvalue weighted by Crippen LogP contribution is -2.44. The van der Waals surface area contributed by atoms with Gasteiger partial charge in [-0.3, -0.25) is 20.6 Å². The molecule has 34 heavy (non-hydrogen) atoms. The number of fused-ring (bicyclic) bond motifs is 1. The van der Waals surface area contributed by atoms with E-state index in [0.29, 0.717) is 0 Å². The molecule has 1 aromatic heterocycles. The number of benzene rings is 2. The van der Waals surface area contributed by atoms with Crippen molar-refractivity contribution >= 4 is 59.0 Å². The lowest BCUT2D eigenvalue weighted by atomic mass is 9.87. The maximum atomic E-state index is 13.0. The van der Waals surface area contributed by atoms with Gasteiger partial charge in [0.1, 0.15) is 27.4 Å². The molecule has 1 radical (unpaired) electrons. The van der Waals surface area contributed by atoms with Gasteiger partial charge in [0.15, 0.2) is 0 Å². The highest BCUT2D eigenvalue weighted by atomic mass is 32.2. The summed E-state index contributed by atoms with van der Waals surface area (Å²) >= 11 is 3.21. The van der Waals surface area contributed by atoms with Crippen molar-refractivity contribution in [3.8, 4) is 5.75 Å². The molecule has 1 unspecified atom stereocenters. The molecule has 1 amide bonds. The van der Waals surface area contributed by atoms with Crippen molar-refractivity contribution in [1.82, 2.24) is 10.4 Å². The van der Waals surface area contributed by atoms with Gasteiger partial charge in [-0.15, -0.1) is 11.3 Å². The number of aliphatic imine (C=N–C) groups is 1. The van der Waals surface area contributed by atoms with Crippen LogP contribution >= 0.6 is 23.1 Å². The third-order valence-corrected chi connectivity index (χ3v) is 8.45. The summed E-state index contributed by atoms with van der Waals surface area (Å²) in [6.45, 7) is 15.0. The van der Waals surface area contributed by atoms with Crippen LogP contribution in [0.4, 0.5) is 5.69 Å². The molecule has 2 aromatic carbocycles. The molecule has 4 rings (SSSR count). The van der Waals surface area contributed by atoms with Gasteiger partial charge in [-0.05, 0) is 62.2 Å². The largest absolute Gasteiger partial charge is 0.541 e. The molecule has 0 bridgehead atoms. The zero-order valence-corrected chi connectivity index (χ0v) is 23.3. The first-order chi connectivity index (χ1) is 15.9. The topological polar surface area (TPSA) is 75.6 Å². The van der Waals surface area contributed by atoms with E-state index in [0.717, 1.165) is 31.7 Å². The average molecular weight is 512 g/mol. The number of carbonyl (C=O) groups is 1. The van der Waals surface area contributed by atoms with Crippen molar-refractivity contribution in [2.75, 3.05) is 5.43 Å². The summed E-state index contributed by atoms with van der Waals surface area (Å²) < 4.78 is 6.93. The normalized spacial score (nSPS) is 17.6. The van der Waals surface area contributed by atoms with Crippen molar-refractivity contribution in [2.24, 2.45) is 4.99 Å². The van der Waals surface area contributed by atoms with Gasteiger partial charge in [-0.25, -0.2) is 4.98 Å². The molecule has 0 saturated heterocycles. The minimum Gasteiger partial charge on any atom is -0.541 e. The molecule has 1 aliphatic rings. The maximum Gasteiger partial charge on any atom is 0.274 e. The first-order valence-electron chi connectivity index (χ1n) is 11.3. The molecule has 1 atom stereocenters. The molecular formula is C25H31N4O2S2Si. The number of carbonyl (C=O) groups excluding carboxylic acids is 1. The third kappa shape index (κ3) is 5.31. The summed E-state index contributed by atoms with van der Waals surface area (Å²) in [6.07, 6.45) is 0. The van der Waals surface area contributed by atoms with Crippen LogP contribution in [0.15, 0.2) is 47.5 Å². The number of para-hydroxylation sites is 1. The molecule has 3 aromatic rings. The minimum absolute atomic E-state index is 0.00138. The summed E-state index contributed by atoms with van der Waals surface area (Å²) in [6, 6.07) is 13.4.